The fourth-order valence-corrected chi connectivity index (χ4v) is 2.21. The third-order valence-corrected chi connectivity index (χ3v) is 3.66. The fourth-order valence-electron chi connectivity index (χ4n) is 2.21. The second-order valence-corrected chi connectivity index (χ2v) is 5.62. The molecule has 1 N–H and O–H groups in total. The number of hydrogen-bond acceptors (Lipinski definition) is 7. The van der Waals surface area contributed by atoms with E-state index < -0.39 is 4.92 Å². The Kier molecular flexibility index (Phi) is 5.27. The van der Waals surface area contributed by atoms with Gasteiger partial charge in [-0.3, -0.25) is 10.1 Å². The van der Waals surface area contributed by atoms with Gasteiger partial charge in [0.15, 0.2) is 5.82 Å². The van der Waals surface area contributed by atoms with Crippen molar-refractivity contribution in [1.82, 2.24) is 4.98 Å². The number of hydrogen-bond donors (Lipinski definition) is 1. The third kappa shape index (κ3) is 4.57. The molecule has 0 saturated heterocycles. The molecular weight excluding hydrogens is 346 g/mol. The molecule has 1 heterocycles. The van der Waals surface area contributed by atoms with Gasteiger partial charge in [0.25, 0.3) is 5.69 Å². The molecule has 0 fully saturated rings. The highest BCUT2D eigenvalue weighted by molar-refractivity contribution is 5.86. The van der Waals surface area contributed by atoms with Crippen molar-refractivity contribution in [2.24, 2.45) is 15.2 Å². The van der Waals surface area contributed by atoms with E-state index in [9.17, 15) is 15.2 Å². The van der Waals surface area contributed by atoms with Gasteiger partial charge in [-0.05, 0) is 48.9 Å². The number of non-ortho nitro benzene ring substituents is 1. The maximum Gasteiger partial charge on any atom is 0.269 e. The minimum atomic E-state index is -0.476. The minimum absolute atomic E-state index is 0.0121. The number of aliphatic imine (C=N–C) groups is 1. The zero-order valence-electron chi connectivity index (χ0n) is 14.4. The monoisotopic (exact) mass is 361 g/mol. The lowest BCUT2D eigenvalue weighted by Gasteiger charge is -2.01. The molecule has 134 valence electrons. The van der Waals surface area contributed by atoms with Crippen LogP contribution in [0.15, 0.2) is 76.0 Å². The van der Waals surface area contributed by atoms with Crippen molar-refractivity contribution < 1.29 is 10.0 Å². The lowest BCUT2D eigenvalue weighted by atomic mass is 10.2. The second-order valence-electron chi connectivity index (χ2n) is 5.62. The number of azo groups is 1. The van der Waals surface area contributed by atoms with Crippen LogP contribution in [0.5, 0.6) is 5.75 Å². The predicted molar refractivity (Wildman–Crippen MR) is 102 cm³/mol. The first kappa shape index (κ1) is 17.9. The molecule has 2 aromatic carbocycles. The molecule has 3 rings (SSSR count). The molecule has 0 radical (unpaired) electrons. The number of aromatic hydroxyl groups is 1. The zero-order valence-corrected chi connectivity index (χ0v) is 14.4. The molecular formula is C19H15N5O3. The molecule has 0 aliphatic carbocycles. The number of aryl methyl sites for hydroxylation is 1. The summed E-state index contributed by atoms with van der Waals surface area (Å²) in [6.07, 6.45) is 3.16. The number of nitrogens with zero attached hydrogens (tertiary/aromatic N) is 5. The van der Waals surface area contributed by atoms with Gasteiger partial charge in [0, 0.05) is 30.1 Å². The topological polar surface area (TPSA) is 113 Å². The normalized spacial score (nSPS) is 11.3. The molecule has 8 nitrogen and oxygen atoms in total. The van der Waals surface area contributed by atoms with E-state index in [4.69, 9.17) is 0 Å². The van der Waals surface area contributed by atoms with E-state index in [1.54, 1.807) is 18.3 Å². The van der Waals surface area contributed by atoms with Gasteiger partial charge in [0.05, 0.1) is 16.3 Å². The molecule has 8 heteroatoms. The Labute approximate surface area is 154 Å². The summed E-state index contributed by atoms with van der Waals surface area (Å²) in [5.74, 6) is 0.622. The molecule has 0 aliphatic heterocycles. The second kappa shape index (κ2) is 7.96. The summed E-state index contributed by atoms with van der Waals surface area (Å²) in [5.41, 5.74) is 2.36. The number of benzene rings is 2. The van der Waals surface area contributed by atoms with Crippen LogP contribution in [0, 0.1) is 17.0 Å². The Bertz CT molecular complexity index is 1030. The first-order valence-electron chi connectivity index (χ1n) is 7.98. The molecule has 3 aromatic rings. The molecule has 0 amide bonds. The maximum absolute atomic E-state index is 10.7. The van der Waals surface area contributed by atoms with Crippen LogP contribution < -0.4 is 0 Å². The minimum Gasteiger partial charge on any atom is -0.507 e. The van der Waals surface area contributed by atoms with Crippen LogP contribution in [0.1, 0.15) is 11.1 Å². The van der Waals surface area contributed by atoms with Crippen molar-refractivity contribution in [2.45, 2.75) is 6.92 Å². The highest BCUT2D eigenvalue weighted by Gasteiger charge is 2.04. The predicted octanol–water partition coefficient (Wildman–Crippen LogP) is 5.17. The Morgan fingerprint density at radius 2 is 1.78 bits per heavy atom. The summed E-state index contributed by atoms with van der Waals surface area (Å²) >= 11 is 0. The number of phenolic OH excluding ortho intramolecular Hbond substituents is 1. The number of pyridine rings is 1. The van der Waals surface area contributed by atoms with Crippen LogP contribution in [0.3, 0.4) is 0 Å². The van der Waals surface area contributed by atoms with Crippen molar-refractivity contribution >= 4 is 29.1 Å². The lowest BCUT2D eigenvalue weighted by Crippen LogP contribution is -1.85. The summed E-state index contributed by atoms with van der Waals surface area (Å²) in [7, 11) is 0. The van der Waals surface area contributed by atoms with Crippen LogP contribution in [0.25, 0.3) is 0 Å². The summed E-state index contributed by atoms with van der Waals surface area (Å²) in [6.45, 7) is 1.90. The maximum atomic E-state index is 10.7. The van der Waals surface area contributed by atoms with Crippen molar-refractivity contribution in [3.8, 4) is 5.75 Å². The molecule has 0 spiro atoms. The molecule has 27 heavy (non-hydrogen) atoms. The van der Waals surface area contributed by atoms with Crippen LogP contribution >= 0.6 is 0 Å². The average molecular weight is 361 g/mol. The Balaban J connectivity index is 1.80. The number of nitro groups is 1. The van der Waals surface area contributed by atoms with Gasteiger partial charge in [-0.25, -0.2) is 9.98 Å². The standard InChI is InChI=1S/C19H15N5O3/c1-13-3-2-10-20-19(13)21-12-14-11-16(6-9-18(14)25)23-22-15-4-7-17(8-5-15)24(26)27/h2-12,25H,1H3/b21-12+,23-22?. The van der Waals surface area contributed by atoms with Gasteiger partial charge in [-0.1, -0.05) is 6.07 Å². The van der Waals surface area contributed by atoms with E-state index in [0.717, 1.165) is 5.56 Å². The average Bonchev–Trinajstić information content (AvgIpc) is 2.67. The van der Waals surface area contributed by atoms with E-state index in [1.807, 2.05) is 19.1 Å². The number of aromatic nitrogens is 1. The molecule has 1 aromatic heterocycles. The summed E-state index contributed by atoms with van der Waals surface area (Å²) < 4.78 is 0. The van der Waals surface area contributed by atoms with Gasteiger partial charge in [-0.15, -0.1) is 0 Å². The van der Waals surface area contributed by atoms with Gasteiger partial charge >= 0.3 is 0 Å². The van der Waals surface area contributed by atoms with Crippen molar-refractivity contribution in [3.63, 3.8) is 0 Å². The molecule has 0 saturated carbocycles. The SMILES string of the molecule is Cc1cccnc1/N=C/c1cc(N=Nc2ccc([N+](=O)[O-])cc2)ccc1O. The first-order chi connectivity index (χ1) is 13.0. The Morgan fingerprint density at radius 3 is 2.48 bits per heavy atom. The van der Waals surface area contributed by atoms with E-state index in [1.165, 1.54) is 36.5 Å². The third-order valence-electron chi connectivity index (χ3n) is 3.66. The quantitative estimate of drug-likeness (QED) is 0.292. The number of phenols is 1. The summed E-state index contributed by atoms with van der Waals surface area (Å²) in [6, 6.07) is 14.2. The highest BCUT2D eigenvalue weighted by Crippen LogP contribution is 2.25. The number of nitro benzene ring substituents is 1. The summed E-state index contributed by atoms with van der Waals surface area (Å²) in [4.78, 5) is 18.6. The lowest BCUT2D eigenvalue weighted by molar-refractivity contribution is -0.384. The van der Waals surface area contributed by atoms with Crippen molar-refractivity contribution in [3.05, 3.63) is 82.0 Å². The Morgan fingerprint density at radius 1 is 1.07 bits per heavy atom. The molecule has 0 bridgehead atoms. The molecule has 0 aliphatic rings. The fraction of sp³-hybridized carbons (Fsp3) is 0.0526. The van der Waals surface area contributed by atoms with Crippen LogP contribution in [0.2, 0.25) is 0 Å². The smallest absolute Gasteiger partial charge is 0.269 e. The van der Waals surface area contributed by atoms with Crippen molar-refractivity contribution in [1.29, 1.82) is 0 Å². The van der Waals surface area contributed by atoms with Crippen LogP contribution in [-0.2, 0) is 0 Å². The molecule has 0 atom stereocenters. The molecule has 0 unspecified atom stereocenters. The summed E-state index contributed by atoms with van der Waals surface area (Å²) in [5, 5.41) is 28.8. The first-order valence-corrected chi connectivity index (χ1v) is 7.98. The van der Waals surface area contributed by atoms with Gasteiger partial charge in [0.2, 0.25) is 0 Å². The number of rotatable bonds is 5. The Hall–Kier alpha value is -3.94. The van der Waals surface area contributed by atoms with Crippen molar-refractivity contribution in [2.75, 3.05) is 0 Å². The van der Waals surface area contributed by atoms with Crippen LogP contribution in [0.4, 0.5) is 22.9 Å². The van der Waals surface area contributed by atoms with E-state index in [-0.39, 0.29) is 11.4 Å². The zero-order chi connectivity index (χ0) is 19.2. The van der Waals surface area contributed by atoms with Gasteiger partial charge in [0.1, 0.15) is 5.75 Å². The van der Waals surface area contributed by atoms with Crippen LogP contribution in [-0.4, -0.2) is 21.2 Å². The van der Waals surface area contributed by atoms with Gasteiger partial charge < -0.3 is 5.11 Å². The van der Waals surface area contributed by atoms with E-state index in [2.05, 4.69) is 20.2 Å². The largest absolute Gasteiger partial charge is 0.507 e. The van der Waals surface area contributed by atoms with Gasteiger partial charge in [-0.2, -0.15) is 10.2 Å². The highest BCUT2D eigenvalue weighted by atomic mass is 16.6. The van der Waals surface area contributed by atoms with E-state index in [0.29, 0.717) is 22.8 Å². The van der Waals surface area contributed by atoms with E-state index >= 15 is 0 Å².